The number of carbonyl (C=O) groups is 2. The maximum Gasteiger partial charge on any atom is 0.338 e. The third-order valence-electron chi connectivity index (χ3n) is 4.81. The van der Waals surface area contributed by atoms with Crippen LogP contribution in [0.15, 0.2) is 47.6 Å². The van der Waals surface area contributed by atoms with Crippen LogP contribution in [-0.2, 0) is 22.7 Å². The van der Waals surface area contributed by atoms with Crippen LogP contribution in [0, 0.1) is 13.8 Å². The number of rotatable bonds is 10. The second-order valence-corrected chi connectivity index (χ2v) is 8.28. The number of nitrogens with zero attached hydrogens (tertiary/aromatic N) is 3. The summed E-state index contributed by atoms with van der Waals surface area (Å²) < 4.78 is 12.8. The van der Waals surface area contributed by atoms with Crippen LogP contribution in [0.5, 0.6) is 5.75 Å². The van der Waals surface area contributed by atoms with Crippen molar-refractivity contribution in [1.29, 1.82) is 0 Å². The van der Waals surface area contributed by atoms with E-state index >= 15 is 0 Å². The highest BCUT2D eigenvalue weighted by Gasteiger charge is 2.15. The third-order valence-corrected chi connectivity index (χ3v) is 5.78. The topological polar surface area (TPSA) is 95.3 Å². The van der Waals surface area contributed by atoms with E-state index in [1.807, 2.05) is 37.5 Å². The first kappa shape index (κ1) is 24.3. The first-order valence-corrected chi connectivity index (χ1v) is 11.7. The Labute approximate surface area is 197 Å². The van der Waals surface area contributed by atoms with Crippen molar-refractivity contribution in [3.05, 3.63) is 65.0 Å². The van der Waals surface area contributed by atoms with Gasteiger partial charge in [0.1, 0.15) is 12.4 Å². The maximum atomic E-state index is 12.4. The number of hydrogen-bond acceptors (Lipinski definition) is 7. The van der Waals surface area contributed by atoms with E-state index in [1.54, 1.807) is 31.2 Å². The molecule has 174 valence electrons. The Morgan fingerprint density at radius 3 is 2.48 bits per heavy atom. The molecular weight excluding hydrogens is 440 g/mol. The van der Waals surface area contributed by atoms with Crippen LogP contribution < -0.4 is 10.1 Å². The first-order chi connectivity index (χ1) is 15.9. The van der Waals surface area contributed by atoms with Crippen LogP contribution in [-0.4, -0.2) is 39.0 Å². The number of carbonyl (C=O) groups excluding carboxylic acids is 2. The molecule has 3 rings (SSSR count). The fraction of sp³-hybridized carbons (Fsp3) is 0.333. The molecule has 0 aliphatic carbocycles. The molecular formula is C24H28N4O4S. The summed E-state index contributed by atoms with van der Waals surface area (Å²) in [6.07, 6.45) is 0. The normalized spacial score (nSPS) is 10.7. The van der Waals surface area contributed by atoms with Gasteiger partial charge >= 0.3 is 5.97 Å². The molecule has 1 aromatic heterocycles. The number of amides is 1. The summed E-state index contributed by atoms with van der Waals surface area (Å²) in [6.45, 7) is 9.09. The lowest BCUT2D eigenvalue weighted by atomic mass is 10.1. The Bertz CT molecular complexity index is 1110. The highest BCUT2D eigenvalue weighted by Crippen LogP contribution is 2.22. The fourth-order valence-corrected chi connectivity index (χ4v) is 4.01. The molecule has 0 saturated carbocycles. The smallest absolute Gasteiger partial charge is 0.338 e. The predicted molar refractivity (Wildman–Crippen MR) is 128 cm³/mol. The molecule has 9 heteroatoms. The van der Waals surface area contributed by atoms with Crippen LogP contribution >= 0.6 is 11.8 Å². The van der Waals surface area contributed by atoms with E-state index < -0.39 is 0 Å². The number of aryl methyl sites for hydroxylation is 2. The summed E-state index contributed by atoms with van der Waals surface area (Å²) in [4.78, 5) is 24.1. The van der Waals surface area contributed by atoms with Gasteiger partial charge < -0.3 is 19.4 Å². The molecule has 2 aromatic carbocycles. The number of esters is 1. The number of aromatic nitrogens is 3. The van der Waals surface area contributed by atoms with Gasteiger partial charge in [0.15, 0.2) is 11.0 Å². The Balaban J connectivity index is 1.55. The van der Waals surface area contributed by atoms with Crippen molar-refractivity contribution in [3.63, 3.8) is 0 Å². The fourth-order valence-electron chi connectivity index (χ4n) is 3.19. The van der Waals surface area contributed by atoms with Crippen LogP contribution in [0.25, 0.3) is 0 Å². The summed E-state index contributed by atoms with van der Waals surface area (Å²) in [5.41, 5.74) is 3.30. The van der Waals surface area contributed by atoms with E-state index in [0.29, 0.717) is 42.0 Å². The molecule has 33 heavy (non-hydrogen) atoms. The maximum absolute atomic E-state index is 12.4. The minimum atomic E-state index is -0.387. The van der Waals surface area contributed by atoms with Crippen molar-refractivity contribution < 1.29 is 19.1 Å². The summed E-state index contributed by atoms with van der Waals surface area (Å²) in [5, 5.41) is 11.9. The van der Waals surface area contributed by atoms with Crippen molar-refractivity contribution >= 4 is 29.3 Å². The van der Waals surface area contributed by atoms with Gasteiger partial charge in [-0.15, -0.1) is 10.2 Å². The number of ether oxygens (including phenoxy) is 2. The molecule has 1 amide bonds. The van der Waals surface area contributed by atoms with Crippen LogP contribution in [0.4, 0.5) is 5.69 Å². The highest BCUT2D eigenvalue weighted by molar-refractivity contribution is 7.99. The minimum absolute atomic E-state index is 0.176. The molecule has 0 bridgehead atoms. The Morgan fingerprint density at radius 1 is 1.06 bits per heavy atom. The lowest BCUT2D eigenvalue weighted by Gasteiger charge is -2.11. The van der Waals surface area contributed by atoms with Crippen molar-refractivity contribution in [1.82, 2.24) is 14.8 Å². The van der Waals surface area contributed by atoms with Gasteiger partial charge in [-0.1, -0.05) is 29.5 Å². The summed E-state index contributed by atoms with van der Waals surface area (Å²) in [6, 6.07) is 12.6. The van der Waals surface area contributed by atoms with Crippen LogP contribution in [0.2, 0.25) is 0 Å². The van der Waals surface area contributed by atoms with Crippen molar-refractivity contribution in [2.24, 2.45) is 0 Å². The number of thioether (sulfide) groups is 1. The lowest BCUT2D eigenvalue weighted by molar-refractivity contribution is -0.113. The molecule has 3 aromatic rings. The molecule has 0 spiro atoms. The highest BCUT2D eigenvalue weighted by atomic mass is 32.2. The Hall–Kier alpha value is -3.33. The van der Waals surface area contributed by atoms with Gasteiger partial charge in [-0.25, -0.2) is 4.79 Å². The van der Waals surface area contributed by atoms with Crippen LogP contribution in [0.1, 0.15) is 41.2 Å². The average molecular weight is 469 g/mol. The Kier molecular flexibility index (Phi) is 8.48. The predicted octanol–water partition coefficient (Wildman–Crippen LogP) is 4.40. The zero-order valence-corrected chi connectivity index (χ0v) is 20.1. The van der Waals surface area contributed by atoms with Crippen LogP contribution in [0.3, 0.4) is 0 Å². The van der Waals surface area contributed by atoms with E-state index in [4.69, 9.17) is 9.47 Å². The monoisotopic (exact) mass is 468 g/mol. The number of anilines is 1. The number of hydrogen-bond donors (Lipinski definition) is 1. The first-order valence-electron chi connectivity index (χ1n) is 10.7. The van der Waals surface area contributed by atoms with Gasteiger partial charge in [0.05, 0.1) is 17.9 Å². The molecule has 0 radical (unpaired) electrons. The largest absolute Gasteiger partial charge is 0.485 e. The second kappa shape index (κ2) is 11.5. The molecule has 0 aliphatic rings. The zero-order valence-electron chi connectivity index (χ0n) is 19.3. The van der Waals surface area contributed by atoms with E-state index in [-0.39, 0.29) is 17.6 Å². The molecule has 0 unspecified atom stereocenters. The van der Waals surface area contributed by atoms with E-state index in [0.717, 1.165) is 11.3 Å². The minimum Gasteiger partial charge on any atom is -0.485 e. The van der Waals surface area contributed by atoms with Crippen molar-refractivity contribution in [2.75, 3.05) is 17.7 Å². The van der Waals surface area contributed by atoms with Gasteiger partial charge in [-0.3, -0.25) is 4.79 Å². The van der Waals surface area contributed by atoms with E-state index in [9.17, 15) is 9.59 Å². The molecule has 8 nitrogen and oxygen atoms in total. The van der Waals surface area contributed by atoms with Gasteiger partial charge in [0, 0.05) is 12.2 Å². The van der Waals surface area contributed by atoms with Gasteiger partial charge in [-0.05, 0) is 63.6 Å². The standard InChI is InChI=1S/C24H28N4O4S/c1-5-28-21(14-32-20-12-7-16(3)13-17(20)4)26-27-24(28)33-15-22(29)25-19-10-8-18(9-11-19)23(30)31-6-2/h7-13H,5-6,14-15H2,1-4H3,(H,25,29). The number of benzene rings is 2. The third kappa shape index (κ3) is 6.58. The SMILES string of the molecule is CCOC(=O)c1ccc(NC(=O)CSc2nnc(COc3ccc(C)cc3C)n2CC)cc1. The molecule has 0 fully saturated rings. The molecule has 0 saturated heterocycles. The molecule has 0 aliphatic heterocycles. The van der Waals surface area contributed by atoms with Gasteiger partial charge in [0.2, 0.25) is 5.91 Å². The van der Waals surface area contributed by atoms with Gasteiger partial charge in [-0.2, -0.15) is 0 Å². The van der Waals surface area contributed by atoms with Gasteiger partial charge in [0.25, 0.3) is 0 Å². The van der Waals surface area contributed by atoms with E-state index in [2.05, 4.69) is 21.6 Å². The summed E-state index contributed by atoms with van der Waals surface area (Å²) in [5.74, 6) is 1.13. The van der Waals surface area contributed by atoms with Crippen molar-refractivity contribution in [2.45, 2.75) is 46.0 Å². The van der Waals surface area contributed by atoms with E-state index in [1.165, 1.54) is 17.3 Å². The average Bonchev–Trinajstić information content (AvgIpc) is 3.19. The molecule has 1 N–H and O–H groups in total. The lowest BCUT2D eigenvalue weighted by Crippen LogP contribution is -2.15. The quantitative estimate of drug-likeness (QED) is 0.348. The number of nitrogens with one attached hydrogen (secondary N) is 1. The molecule has 0 atom stereocenters. The van der Waals surface area contributed by atoms with Crippen molar-refractivity contribution in [3.8, 4) is 5.75 Å². The zero-order chi connectivity index (χ0) is 23.8. The molecule has 1 heterocycles. The summed E-state index contributed by atoms with van der Waals surface area (Å²) in [7, 11) is 0. The summed E-state index contributed by atoms with van der Waals surface area (Å²) >= 11 is 1.31. The Morgan fingerprint density at radius 2 is 1.82 bits per heavy atom. The second-order valence-electron chi connectivity index (χ2n) is 7.34.